The van der Waals surface area contributed by atoms with Gasteiger partial charge in [0.25, 0.3) is 0 Å². The molecule has 2 aromatic rings. The van der Waals surface area contributed by atoms with Gasteiger partial charge in [-0.2, -0.15) is 0 Å². The predicted molar refractivity (Wildman–Crippen MR) is 138 cm³/mol. The number of halogens is 1. The average Bonchev–Trinajstić information content (AvgIpc) is 3.22. The zero-order valence-corrected chi connectivity index (χ0v) is 22.8. The number of hydrogen-bond acceptors (Lipinski definition) is 6. The van der Waals surface area contributed by atoms with Crippen LogP contribution in [0.15, 0.2) is 33.8 Å². The molecule has 1 heterocycles. The minimum Gasteiger partial charge on any atom is -0.447 e. The second-order valence-electron chi connectivity index (χ2n) is 9.47. The first-order valence-corrected chi connectivity index (χ1v) is 13.7. The summed E-state index contributed by atoms with van der Waals surface area (Å²) in [7, 11) is 0. The minimum atomic E-state index is -0.288. The molecule has 0 spiro atoms. The van der Waals surface area contributed by atoms with Crippen LogP contribution in [0, 0.1) is 0 Å². The Morgan fingerprint density at radius 1 is 1.31 bits per heavy atom. The standard InChI is InChI=1S/C24H34BrN3O2S2/c1-6-15(2)30-23(29)27-18-10-7-16(8-11-18)22-26-14-21(31-22)19-12-9-17(25)13-20(19)32-28-24(3,4)5/h9,12-16,18,28H,6-8,10-11H2,1-5H3,(H,27,29). The van der Waals surface area contributed by atoms with Crippen molar-refractivity contribution >= 4 is 45.3 Å². The van der Waals surface area contributed by atoms with Gasteiger partial charge in [-0.05, 0) is 83.9 Å². The quantitative estimate of drug-likeness (QED) is 0.356. The molecule has 1 fully saturated rings. The van der Waals surface area contributed by atoms with Gasteiger partial charge < -0.3 is 10.1 Å². The summed E-state index contributed by atoms with van der Waals surface area (Å²) in [5, 5.41) is 4.23. The number of nitrogens with zero attached hydrogens (tertiary/aromatic N) is 1. The molecule has 5 nitrogen and oxygen atoms in total. The van der Waals surface area contributed by atoms with Crippen molar-refractivity contribution in [2.24, 2.45) is 0 Å². The monoisotopic (exact) mass is 539 g/mol. The Morgan fingerprint density at radius 2 is 2.03 bits per heavy atom. The van der Waals surface area contributed by atoms with Gasteiger partial charge >= 0.3 is 6.09 Å². The number of benzene rings is 1. The van der Waals surface area contributed by atoms with Crippen LogP contribution in [-0.2, 0) is 4.74 Å². The highest BCUT2D eigenvalue weighted by Crippen LogP contribution is 2.40. The predicted octanol–water partition coefficient (Wildman–Crippen LogP) is 7.52. The molecule has 176 valence electrons. The largest absolute Gasteiger partial charge is 0.447 e. The molecule has 3 rings (SSSR count). The molecule has 0 bridgehead atoms. The fourth-order valence-corrected chi connectivity index (χ4v) is 6.14. The fourth-order valence-electron chi connectivity index (χ4n) is 3.54. The summed E-state index contributed by atoms with van der Waals surface area (Å²) in [5.74, 6) is 0.455. The summed E-state index contributed by atoms with van der Waals surface area (Å²) >= 11 is 7.06. The maximum absolute atomic E-state index is 12.0. The van der Waals surface area contributed by atoms with Crippen molar-refractivity contribution in [3.63, 3.8) is 0 Å². The highest BCUT2D eigenvalue weighted by atomic mass is 79.9. The summed E-state index contributed by atoms with van der Waals surface area (Å²) in [4.78, 5) is 19.2. The van der Waals surface area contributed by atoms with E-state index in [-0.39, 0.29) is 23.8 Å². The van der Waals surface area contributed by atoms with Crippen molar-refractivity contribution < 1.29 is 9.53 Å². The normalized spacial score (nSPS) is 20.1. The third-order valence-corrected chi connectivity index (χ3v) is 8.44. The van der Waals surface area contributed by atoms with E-state index >= 15 is 0 Å². The smallest absolute Gasteiger partial charge is 0.407 e. The molecule has 1 aliphatic rings. The summed E-state index contributed by atoms with van der Waals surface area (Å²) in [6.45, 7) is 10.4. The van der Waals surface area contributed by atoms with E-state index in [4.69, 9.17) is 9.72 Å². The van der Waals surface area contributed by atoms with Gasteiger partial charge in [-0.1, -0.05) is 28.9 Å². The minimum absolute atomic E-state index is 0.0246. The third-order valence-electron chi connectivity index (χ3n) is 5.48. The molecule has 1 atom stereocenters. The van der Waals surface area contributed by atoms with E-state index in [0.717, 1.165) is 36.6 Å². The number of amides is 1. The van der Waals surface area contributed by atoms with Crippen LogP contribution in [-0.4, -0.2) is 28.8 Å². The van der Waals surface area contributed by atoms with Crippen LogP contribution in [0.5, 0.6) is 0 Å². The van der Waals surface area contributed by atoms with Crippen molar-refractivity contribution in [3.8, 4) is 10.4 Å². The third kappa shape index (κ3) is 7.47. The van der Waals surface area contributed by atoms with Crippen molar-refractivity contribution in [1.82, 2.24) is 15.0 Å². The first-order valence-electron chi connectivity index (χ1n) is 11.3. The van der Waals surface area contributed by atoms with E-state index in [0.29, 0.717) is 5.92 Å². The highest BCUT2D eigenvalue weighted by molar-refractivity contribution is 9.10. The Bertz CT molecular complexity index is 905. The first kappa shape index (κ1) is 25.5. The van der Waals surface area contributed by atoms with E-state index in [1.165, 1.54) is 20.3 Å². The Labute approximate surface area is 208 Å². The SMILES string of the molecule is CCC(C)OC(=O)NC1CCC(c2ncc(-c3ccc(Br)cc3SNC(C)(C)C)s2)CC1. The van der Waals surface area contributed by atoms with Crippen LogP contribution in [0.3, 0.4) is 0 Å². The number of hydrogen-bond donors (Lipinski definition) is 2. The second kappa shape index (κ2) is 11.4. The fraction of sp³-hybridized carbons (Fsp3) is 0.583. The van der Waals surface area contributed by atoms with Gasteiger partial charge in [0.05, 0.1) is 9.88 Å². The van der Waals surface area contributed by atoms with E-state index < -0.39 is 0 Å². The van der Waals surface area contributed by atoms with Crippen LogP contribution in [0.4, 0.5) is 4.79 Å². The van der Waals surface area contributed by atoms with Crippen LogP contribution < -0.4 is 10.0 Å². The van der Waals surface area contributed by atoms with Gasteiger partial charge in [-0.15, -0.1) is 11.3 Å². The molecule has 32 heavy (non-hydrogen) atoms. The molecular weight excluding hydrogens is 506 g/mol. The molecule has 1 aromatic carbocycles. The van der Waals surface area contributed by atoms with Crippen molar-refractivity contribution in [1.29, 1.82) is 0 Å². The van der Waals surface area contributed by atoms with Crippen LogP contribution in [0.25, 0.3) is 10.4 Å². The van der Waals surface area contributed by atoms with Crippen LogP contribution in [0.1, 0.15) is 77.6 Å². The molecule has 1 saturated carbocycles. The summed E-state index contributed by atoms with van der Waals surface area (Å²) in [5.41, 5.74) is 1.23. The number of aromatic nitrogens is 1. The average molecular weight is 541 g/mol. The van der Waals surface area contributed by atoms with E-state index in [1.54, 1.807) is 23.3 Å². The summed E-state index contributed by atoms with van der Waals surface area (Å²) in [6.07, 6.45) is 6.51. The topological polar surface area (TPSA) is 63.2 Å². The van der Waals surface area contributed by atoms with E-state index in [1.807, 2.05) is 20.0 Å². The van der Waals surface area contributed by atoms with Crippen LogP contribution in [0.2, 0.25) is 0 Å². The van der Waals surface area contributed by atoms with Gasteiger partial charge in [-0.25, -0.2) is 9.78 Å². The molecule has 0 saturated heterocycles. The zero-order chi connectivity index (χ0) is 23.3. The molecular formula is C24H34BrN3O2S2. The first-order chi connectivity index (χ1) is 15.1. The van der Waals surface area contributed by atoms with Gasteiger partial charge in [0.15, 0.2) is 0 Å². The molecule has 1 aromatic heterocycles. The van der Waals surface area contributed by atoms with E-state index in [9.17, 15) is 4.79 Å². The van der Waals surface area contributed by atoms with Crippen molar-refractivity contribution in [3.05, 3.63) is 33.9 Å². The number of thiazole rings is 1. The number of alkyl carbamates (subject to hydrolysis) is 1. The highest BCUT2D eigenvalue weighted by Gasteiger charge is 2.26. The van der Waals surface area contributed by atoms with Gasteiger partial charge in [0.2, 0.25) is 0 Å². The van der Waals surface area contributed by atoms with Crippen molar-refractivity contribution in [2.45, 2.75) is 95.2 Å². The zero-order valence-electron chi connectivity index (χ0n) is 19.5. The summed E-state index contributed by atoms with van der Waals surface area (Å²) < 4.78 is 9.94. The van der Waals surface area contributed by atoms with Gasteiger partial charge in [-0.3, -0.25) is 4.72 Å². The lowest BCUT2D eigenvalue weighted by Crippen LogP contribution is -2.38. The molecule has 1 aliphatic carbocycles. The molecule has 2 N–H and O–H groups in total. The lowest BCUT2D eigenvalue weighted by Gasteiger charge is -2.28. The van der Waals surface area contributed by atoms with E-state index in [2.05, 4.69) is 64.9 Å². The number of carbonyl (C=O) groups excluding carboxylic acids is 1. The number of nitrogens with one attached hydrogen (secondary N) is 2. The van der Waals surface area contributed by atoms with Crippen LogP contribution >= 0.6 is 39.2 Å². The number of ether oxygens (including phenoxy) is 1. The lowest BCUT2D eigenvalue weighted by molar-refractivity contribution is 0.0992. The number of carbonyl (C=O) groups is 1. The Balaban J connectivity index is 1.62. The molecule has 1 unspecified atom stereocenters. The Morgan fingerprint density at radius 3 is 2.69 bits per heavy atom. The molecule has 0 aliphatic heterocycles. The van der Waals surface area contributed by atoms with Gasteiger partial charge in [0.1, 0.15) is 6.10 Å². The molecule has 1 amide bonds. The molecule has 0 radical (unpaired) electrons. The Hall–Kier alpha value is -1.09. The van der Waals surface area contributed by atoms with Gasteiger partial charge in [0, 0.05) is 38.6 Å². The second-order valence-corrected chi connectivity index (χ2v) is 12.3. The lowest BCUT2D eigenvalue weighted by atomic mass is 9.86. The number of rotatable bonds is 7. The molecule has 8 heteroatoms. The maximum Gasteiger partial charge on any atom is 0.407 e. The Kier molecular flexibility index (Phi) is 9.06. The summed E-state index contributed by atoms with van der Waals surface area (Å²) in [6, 6.07) is 6.61. The van der Waals surface area contributed by atoms with Crippen molar-refractivity contribution in [2.75, 3.05) is 0 Å². The maximum atomic E-state index is 12.0.